The van der Waals surface area contributed by atoms with Gasteiger partial charge in [-0.05, 0) is 36.7 Å². The lowest BCUT2D eigenvalue weighted by atomic mass is 10.3. The van der Waals surface area contributed by atoms with E-state index in [1.54, 1.807) is 0 Å². The lowest BCUT2D eigenvalue weighted by Crippen LogP contribution is -2.04. The Balaban J connectivity index is 3.26. The summed E-state index contributed by atoms with van der Waals surface area (Å²) >= 11 is 3.23. The van der Waals surface area contributed by atoms with E-state index in [9.17, 15) is 4.79 Å². The van der Waals surface area contributed by atoms with Gasteiger partial charge in [0, 0.05) is 11.7 Å². The maximum absolute atomic E-state index is 10.6. The summed E-state index contributed by atoms with van der Waals surface area (Å²) in [6, 6.07) is 0.287. The predicted octanol–water partition coefficient (Wildman–Crippen LogP) is 2.35. The third-order valence-corrected chi connectivity index (χ3v) is 2.34. The molecular weight excluding hydrogens is 220 g/mol. The number of hydrogen-bond acceptors (Lipinski definition) is 2. The van der Waals surface area contributed by atoms with Gasteiger partial charge in [0.15, 0.2) is 6.29 Å². The van der Waals surface area contributed by atoms with Crippen LogP contribution >= 0.6 is 15.9 Å². The number of rotatable bonds is 2. The van der Waals surface area contributed by atoms with E-state index in [4.69, 9.17) is 0 Å². The lowest BCUT2D eigenvalue weighted by Gasteiger charge is -2.06. The van der Waals surface area contributed by atoms with Crippen LogP contribution in [0.25, 0.3) is 0 Å². The molecule has 0 atom stereocenters. The fourth-order valence-corrected chi connectivity index (χ4v) is 1.68. The highest BCUT2D eigenvalue weighted by molar-refractivity contribution is 9.10. The van der Waals surface area contributed by atoms with Crippen molar-refractivity contribution >= 4 is 22.2 Å². The van der Waals surface area contributed by atoms with Crippen LogP contribution in [0.5, 0.6) is 0 Å². The predicted molar refractivity (Wildman–Crippen MR) is 50.4 cm³/mol. The average Bonchev–Trinajstić information content (AvgIpc) is 2.27. The van der Waals surface area contributed by atoms with Gasteiger partial charge in [0.05, 0.1) is 5.56 Å². The zero-order valence-electron chi connectivity index (χ0n) is 7.34. The van der Waals surface area contributed by atoms with Crippen molar-refractivity contribution in [3.63, 3.8) is 0 Å². The van der Waals surface area contributed by atoms with Crippen molar-refractivity contribution in [2.24, 2.45) is 0 Å². The number of carbonyl (C=O) groups is 1. The Morgan fingerprint density at radius 1 is 1.58 bits per heavy atom. The van der Waals surface area contributed by atoms with Crippen LogP contribution in [-0.4, -0.2) is 16.1 Å². The summed E-state index contributed by atoms with van der Waals surface area (Å²) in [4.78, 5) is 10.6. The van der Waals surface area contributed by atoms with Gasteiger partial charge < -0.3 is 0 Å². The Bertz CT molecular complexity index is 304. The zero-order valence-corrected chi connectivity index (χ0v) is 8.92. The number of carbonyl (C=O) groups excluding carboxylic acids is 1. The summed E-state index contributed by atoms with van der Waals surface area (Å²) in [7, 11) is 0. The van der Waals surface area contributed by atoms with Crippen LogP contribution in [-0.2, 0) is 0 Å². The molecule has 0 unspecified atom stereocenters. The minimum Gasteiger partial charge on any atom is -0.298 e. The van der Waals surface area contributed by atoms with Gasteiger partial charge in [-0.15, -0.1) is 0 Å². The molecule has 12 heavy (non-hydrogen) atoms. The standard InChI is InChI=1S/C8H11BrN2O/c1-5(2)11-6(3)7(4-12)8(9)10-11/h4-5H,1-3H3. The van der Waals surface area contributed by atoms with E-state index in [-0.39, 0.29) is 6.04 Å². The number of halogens is 1. The molecule has 0 fully saturated rings. The number of hydrogen-bond donors (Lipinski definition) is 0. The first-order chi connectivity index (χ1) is 5.57. The van der Waals surface area contributed by atoms with Crippen LogP contribution in [0, 0.1) is 6.92 Å². The normalized spacial score (nSPS) is 10.8. The molecule has 0 aliphatic rings. The molecule has 0 N–H and O–H groups in total. The third kappa shape index (κ3) is 1.43. The molecule has 66 valence electrons. The van der Waals surface area contributed by atoms with Crippen molar-refractivity contribution in [2.45, 2.75) is 26.8 Å². The summed E-state index contributed by atoms with van der Waals surface area (Å²) in [6.45, 7) is 5.95. The third-order valence-electron chi connectivity index (χ3n) is 1.76. The first kappa shape index (κ1) is 9.45. The second-order valence-electron chi connectivity index (χ2n) is 2.95. The molecule has 1 rings (SSSR count). The van der Waals surface area contributed by atoms with Gasteiger partial charge in [-0.3, -0.25) is 9.48 Å². The number of nitrogens with zero attached hydrogens (tertiary/aromatic N) is 2. The van der Waals surface area contributed by atoms with Crippen molar-refractivity contribution in [2.75, 3.05) is 0 Å². The number of aromatic nitrogens is 2. The van der Waals surface area contributed by atoms with Gasteiger partial charge in [0.2, 0.25) is 0 Å². The summed E-state index contributed by atoms with van der Waals surface area (Å²) < 4.78 is 2.46. The topological polar surface area (TPSA) is 34.9 Å². The molecule has 1 aromatic rings. The quantitative estimate of drug-likeness (QED) is 0.732. The molecule has 0 spiro atoms. The molecule has 0 bridgehead atoms. The Kier molecular flexibility index (Phi) is 2.67. The van der Waals surface area contributed by atoms with Crippen molar-refractivity contribution in [1.82, 2.24) is 9.78 Å². The van der Waals surface area contributed by atoms with E-state index in [2.05, 4.69) is 21.0 Å². The summed E-state index contributed by atoms with van der Waals surface area (Å²) in [5.41, 5.74) is 1.55. The molecule has 0 aliphatic carbocycles. The highest BCUT2D eigenvalue weighted by atomic mass is 79.9. The summed E-state index contributed by atoms with van der Waals surface area (Å²) in [6.07, 6.45) is 0.825. The molecule has 0 amide bonds. The Morgan fingerprint density at radius 3 is 2.42 bits per heavy atom. The summed E-state index contributed by atoms with van der Waals surface area (Å²) in [5, 5.41) is 4.18. The summed E-state index contributed by atoms with van der Waals surface area (Å²) in [5.74, 6) is 0. The number of aldehydes is 1. The average molecular weight is 231 g/mol. The molecule has 0 saturated heterocycles. The largest absolute Gasteiger partial charge is 0.298 e. The second kappa shape index (κ2) is 3.39. The fraction of sp³-hybridized carbons (Fsp3) is 0.500. The molecule has 3 nitrogen and oxygen atoms in total. The molecule has 0 aliphatic heterocycles. The van der Waals surface area contributed by atoms with E-state index in [0.717, 1.165) is 12.0 Å². The first-order valence-corrected chi connectivity index (χ1v) is 4.57. The van der Waals surface area contributed by atoms with Gasteiger partial charge in [-0.2, -0.15) is 5.10 Å². The molecule has 0 radical (unpaired) electrons. The molecule has 1 aromatic heterocycles. The molecular formula is C8H11BrN2O. The van der Waals surface area contributed by atoms with Gasteiger partial charge in [-0.25, -0.2) is 0 Å². The van der Waals surface area contributed by atoms with Crippen LogP contribution in [0.15, 0.2) is 4.60 Å². The van der Waals surface area contributed by atoms with E-state index < -0.39 is 0 Å². The van der Waals surface area contributed by atoms with E-state index in [0.29, 0.717) is 10.2 Å². The maximum atomic E-state index is 10.6. The molecule has 0 saturated carbocycles. The lowest BCUT2D eigenvalue weighted by molar-refractivity contribution is 0.112. The van der Waals surface area contributed by atoms with E-state index in [1.165, 1.54) is 0 Å². The Morgan fingerprint density at radius 2 is 2.17 bits per heavy atom. The van der Waals surface area contributed by atoms with Gasteiger partial charge in [-0.1, -0.05) is 0 Å². The van der Waals surface area contributed by atoms with Crippen LogP contribution in [0.1, 0.15) is 35.9 Å². The van der Waals surface area contributed by atoms with E-state index in [1.807, 2.05) is 25.5 Å². The molecule has 0 aromatic carbocycles. The van der Waals surface area contributed by atoms with Crippen LogP contribution in [0.3, 0.4) is 0 Å². The minimum atomic E-state index is 0.287. The highest BCUT2D eigenvalue weighted by Gasteiger charge is 2.12. The maximum Gasteiger partial charge on any atom is 0.154 e. The van der Waals surface area contributed by atoms with Crippen molar-refractivity contribution < 1.29 is 4.79 Å². The monoisotopic (exact) mass is 230 g/mol. The van der Waals surface area contributed by atoms with Crippen molar-refractivity contribution in [3.05, 3.63) is 15.9 Å². The first-order valence-electron chi connectivity index (χ1n) is 3.77. The molecule has 1 heterocycles. The second-order valence-corrected chi connectivity index (χ2v) is 3.70. The zero-order chi connectivity index (χ0) is 9.30. The van der Waals surface area contributed by atoms with Gasteiger partial charge in [0.25, 0.3) is 0 Å². The highest BCUT2D eigenvalue weighted by Crippen LogP contribution is 2.19. The smallest absolute Gasteiger partial charge is 0.154 e. The Hall–Kier alpha value is -0.640. The van der Waals surface area contributed by atoms with Gasteiger partial charge >= 0.3 is 0 Å². The van der Waals surface area contributed by atoms with Crippen LogP contribution in [0.2, 0.25) is 0 Å². The van der Waals surface area contributed by atoms with Crippen LogP contribution in [0.4, 0.5) is 0 Å². The Labute approximate surface area is 79.9 Å². The molecule has 4 heteroatoms. The van der Waals surface area contributed by atoms with Gasteiger partial charge in [0.1, 0.15) is 4.60 Å². The van der Waals surface area contributed by atoms with Crippen LogP contribution < -0.4 is 0 Å². The fourth-order valence-electron chi connectivity index (χ4n) is 1.13. The SMILES string of the molecule is Cc1c(C=O)c(Br)nn1C(C)C. The van der Waals surface area contributed by atoms with Crippen molar-refractivity contribution in [1.29, 1.82) is 0 Å². The minimum absolute atomic E-state index is 0.287. The van der Waals surface area contributed by atoms with Crippen molar-refractivity contribution in [3.8, 4) is 0 Å². The van der Waals surface area contributed by atoms with E-state index >= 15 is 0 Å².